The Bertz CT molecular complexity index is 778. The molecule has 106 valence electrons. The molecule has 0 atom stereocenters. The lowest BCUT2D eigenvalue weighted by Gasteiger charge is -2.16. The number of para-hydroxylation sites is 1. The predicted molar refractivity (Wildman–Crippen MR) is 88.8 cm³/mol. The standard InChI is InChI=1S/C18H17NOS/c1-18(2,3)16(20)12-7-6-8-13(11-12)17-19-14-9-4-5-10-15(14)21-17/h4-11H,1-3H3. The molecule has 0 saturated heterocycles. The lowest BCUT2D eigenvalue weighted by molar-refractivity contribution is 0.0858. The molecule has 0 N–H and O–H groups in total. The zero-order valence-corrected chi connectivity index (χ0v) is 13.2. The minimum absolute atomic E-state index is 0.158. The van der Waals surface area contributed by atoms with Crippen molar-refractivity contribution in [2.75, 3.05) is 0 Å². The minimum atomic E-state index is -0.369. The number of hydrogen-bond acceptors (Lipinski definition) is 3. The Morgan fingerprint density at radius 2 is 1.81 bits per heavy atom. The Labute approximate surface area is 128 Å². The van der Waals surface area contributed by atoms with Crippen LogP contribution in [0.4, 0.5) is 0 Å². The molecule has 2 nitrogen and oxygen atoms in total. The summed E-state index contributed by atoms with van der Waals surface area (Å²) in [5.41, 5.74) is 2.39. The van der Waals surface area contributed by atoms with E-state index in [9.17, 15) is 4.79 Å². The lowest BCUT2D eigenvalue weighted by atomic mass is 9.86. The molecule has 0 aliphatic heterocycles. The maximum atomic E-state index is 12.4. The van der Waals surface area contributed by atoms with E-state index in [1.54, 1.807) is 11.3 Å². The second kappa shape index (κ2) is 5.08. The van der Waals surface area contributed by atoms with Crippen LogP contribution in [-0.2, 0) is 0 Å². The van der Waals surface area contributed by atoms with Gasteiger partial charge in [-0.1, -0.05) is 51.1 Å². The SMILES string of the molecule is CC(C)(C)C(=O)c1cccc(-c2nc3ccccc3s2)c1. The molecule has 3 aromatic rings. The van der Waals surface area contributed by atoms with Gasteiger partial charge in [-0.15, -0.1) is 11.3 Å². The van der Waals surface area contributed by atoms with E-state index in [2.05, 4.69) is 11.1 Å². The Morgan fingerprint density at radius 1 is 1.05 bits per heavy atom. The van der Waals surface area contributed by atoms with Gasteiger partial charge in [0.15, 0.2) is 5.78 Å². The first-order valence-electron chi connectivity index (χ1n) is 6.96. The number of rotatable bonds is 2. The van der Waals surface area contributed by atoms with Crippen LogP contribution in [0.1, 0.15) is 31.1 Å². The maximum Gasteiger partial charge on any atom is 0.168 e. The first kappa shape index (κ1) is 14.0. The van der Waals surface area contributed by atoms with E-state index in [0.717, 1.165) is 21.7 Å². The zero-order chi connectivity index (χ0) is 15.0. The fourth-order valence-corrected chi connectivity index (χ4v) is 3.18. The van der Waals surface area contributed by atoms with Crippen LogP contribution < -0.4 is 0 Å². The molecular formula is C18H17NOS. The molecule has 2 aromatic carbocycles. The summed E-state index contributed by atoms with van der Waals surface area (Å²) in [5.74, 6) is 0.158. The average Bonchev–Trinajstić information content (AvgIpc) is 2.89. The van der Waals surface area contributed by atoms with Crippen LogP contribution in [0.25, 0.3) is 20.8 Å². The number of aromatic nitrogens is 1. The van der Waals surface area contributed by atoms with Crippen LogP contribution >= 0.6 is 11.3 Å². The molecule has 0 radical (unpaired) electrons. The minimum Gasteiger partial charge on any atom is -0.294 e. The number of nitrogens with zero attached hydrogens (tertiary/aromatic N) is 1. The van der Waals surface area contributed by atoms with Gasteiger partial charge in [0.05, 0.1) is 10.2 Å². The Balaban J connectivity index is 2.05. The van der Waals surface area contributed by atoms with Crippen molar-refractivity contribution in [3.63, 3.8) is 0 Å². The molecule has 0 fully saturated rings. The summed E-state index contributed by atoms with van der Waals surface area (Å²) in [6.07, 6.45) is 0. The quantitative estimate of drug-likeness (QED) is 0.609. The molecule has 0 unspecified atom stereocenters. The average molecular weight is 295 g/mol. The van der Waals surface area contributed by atoms with Crippen molar-refractivity contribution in [1.82, 2.24) is 4.98 Å². The number of hydrogen-bond donors (Lipinski definition) is 0. The van der Waals surface area contributed by atoms with E-state index >= 15 is 0 Å². The van der Waals surface area contributed by atoms with Gasteiger partial charge in [0.2, 0.25) is 0 Å². The summed E-state index contributed by atoms with van der Waals surface area (Å²) < 4.78 is 1.17. The van der Waals surface area contributed by atoms with Gasteiger partial charge in [0, 0.05) is 16.5 Å². The van der Waals surface area contributed by atoms with Crippen molar-refractivity contribution in [2.24, 2.45) is 5.41 Å². The number of ketones is 1. The molecule has 1 aromatic heterocycles. The molecule has 0 amide bonds. The fraction of sp³-hybridized carbons (Fsp3) is 0.222. The largest absolute Gasteiger partial charge is 0.294 e. The van der Waals surface area contributed by atoms with Gasteiger partial charge >= 0.3 is 0 Å². The third kappa shape index (κ3) is 2.74. The Hall–Kier alpha value is -2.00. The molecule has 3 heteroatoms. The van der Waals surface area contributed by atoms with Gasteiger partial charge in [-0.3, -0.25) is 4.79 Å². The van der Waals surface area contributed by atoms with E-state index in [-0.39, 0.29) is 11.2 Å². The van der Waals surface area contributed by atoms with Gasteiger partial charge in [0.25, 0.3) is 0 Å². The zero-order valence-electron chi connectivity index (χ0n) is 12.4. The highest BCUT2D eigenvalue weighted by Crippen LogP contribution is 2.31. The molecule has 0 aliphatic rings. The monoisotopic (exact) mass is 295 g/mol. The topological polar surface area (TPSA) is 30.0 Å². The van der Waals surface area contributed by atoms with Gasteiger partial charge in [-0.2, -0.15) is 0 Å². The third-order valence-electron chi connectivity index (χ3n) is 3.35. The Kier molecular flexibility index (Phi) is 3.38. The normalized spacial score (nSPS) is 11.8. The summed E-state index contributed by atoms with van der Waals surface area (Å²) in [6.45, 7) is 5.83. The summed E-state index contributed by atoms with van der Waals surface area (Å²) in [7, 11) is 0. The van der Waals surface area contributed by atoms with Crippen LogP contribution in [0.2, 0.25) is 0 Å². The summed E-state index contributed by atoms with van der Waals surface area (Å²) in [4.78, 5) is 17.1. The van der Waals surface area contributed by atoms with Gasteiger partial charge in [-0.25, -0.2) is 4.98 Å². The first-order valence-corrected chi connectivity index (χ1v) is 7.77. The van der Waals surface area contributed by atoms with Gasteiger partial charge in [-0.05, 0) is 18.2 Å². The highest BCUT2D eigenvalue weighted by atomic mass is 32.1. The first-order chi connectivity index (χ1) is 9.95. The highest BCUT2D eigenvalue weighted by Gasteiger charge is 2.23. The Morgan fingerprint density at radius 3 is 2.52 bits per heavy atom. The summed E-state index contributed by atoms with van der Waals surface area (Å²) in [5, 5.41) is 0.958. The van der Waals surface area contributed by atoms with E-state index in [4.69, 9.17) is 0 Å². The number of benzene rings is 2. The molecule has 21 heavy (non-hydrogen) atoms. The number of fused-ring (bicyclic) bond motifs is 1. The van der Waals surface area contributed by atoms with E-state index in [1.165, 1.54) is 4.70 Å². The fourth-order valence-electron chi connectivity index (χ4n) is 2.22. The molecule has 1 heterocycles. The molecular weight excluding hydrogens is 278 g/mol. The van der Waals surface area contributed by atoms with Gasteiger partial charge < -0.3 is 0 Å². The number of thiazole rings is 1. The van der Waals surface area contributed by atoms with Crippen molar-refractivity contribution in [3.8, 4) is 10.6 Å². The van der Waals surface area contributed by atoms with Crippen LogP contribution in [0.5, 0.6) is 0 Å². The summed E-state index contributed by atoms with van der Waals surface area (Å²) >= 11 is 1.66. The lowest BCUT2D eigenvalue weighted by Crippen LogP contribution is -2.20. The second-order valence-corrected chi connectivity index (χ2v) is 7.18. The summed E-state index contributed by atoms with van der Waals surface area (Å²) in [6, 6.07) is 15.9. The second-order valence-electron chi connectivity index (χ2n) is 6.15. The number of Topliss-reactive ketones (excluding diaryl/α,β-unsaturated/α-hetero) is 1. The predicted octanol–water partition coefficient (Wildman–Crippen LogP) is 5.19. The highest BCUT2D eigenvalue weighted by molar-refractivity contribution is 7.21. The smallest absolute Gasteiger partial charge is 0.168 e. The third-order valence-corrected chi connectivity index (χ3v) is 4.43. The van der Waals surface area contributed by atoms with E-state index < -0.39 is 0 Å². The van der Waals surface area contributed by atoms with Crippen molar-refractivity contribution in [2.45, 2.75) is 20.8 Å². The maximum absolute atomic E-state index is 12.4. The molecule has 3 rings (SSSR count). The van der Waals surface area contributed by atoms with E-state index in [0.29, 0.717) is 0 Å². The van der Waals surface area contributed by atoms with Crippen LogP contribution in [0.3, 0.4) is 0 Å². The van der Waals surface area contributed by atoms with E-state index in [1.807, 2.05) is 63.2 Å². The number of carbonyl (C=O) groups is 1. The molecule has 0 bridgehead atoms. The van der Waals surface area contributed by atoms with Gasteiger partial charge in [0.1, 0.15) is 5.01 Å². The number of carbonyl (C=O) groups excluding carboxylic acids is 1. The van der Waals surface area contributed by atoms with Crippen molar-refractivity contribution in [1.29, 1.82) is 0 Å². The molecule has 0 saturated carbocycles. The van der Waals surface area contributed by atoms with Crippen LogP contribution in [0, 0.1) is 5.41 Å². The van der Waals surface area contributed by atoms with Crippen LogP contribution in [-0.4, -0.2) is 10.8 Å². The van der Waals surface area contributed by atoms with Crippen molar-refractivity contribution >= 4 is 27.3 Å². The van der Waals surface area contributed by atoms with Crippen molar-refractivity contribution in [3.05, 3.63) is 54.1 Å². The van der Waals surface area contributed by atoms with Crippen molar-refractivity contribution < 1.29 is 4.79 Å². The van der Waals surface area contributed by atoms with Crippen LogP contribution in [0.15, 0.2) is 48.5 Å². The molecule has 0 aliphatic carbocycles. The molecule has 0 spiro atoms.